The van der Waals surface area contributed by atoms with Crippen LogP contribution in [0.2, 0.25) is 0 Å². The normalized spacial score (nSPS) is 21.6. The molecule has 6 heteroatoms. The maximum atomic E-state index is 12.1. The molecule has 144 valence electrons. The van der Waals surface area contributed by atoms with E-state index in [2.05, 4.69) is 5.32 Å². The average Bonchev–Trinajstić information content (AvgIpc) is 2.66. The molecular weight excluding hydrogens is 346 g/mol. The van der Waals surface area contributed by atoms with E-state index in [0.29, 0.717) is 0 Å². The van der Waals surface area contributed by atoms with Crippen molar-refractivity contribution in [3.05, 3.63) is 60.2 Å². The molecular formula is C21H25NO5. The van der Waals surface area contributed by atoms with Gasteiger partial charge in [-0.2, -0.15) is 0 Å². The Morgan fingerprint density at radius 3 is 2.63 bits per heavy atom. The summed E-state index contributed by atoms with van der Waals surface area (Å²) in [6.45, 7) is 4.00. The fourth-order valence-electron chi connectivity index (χ4n) is 2.90. The van der Waals surface area contributed by atoms with Gasteiger partial charge in [0.05, 0.1) is 12.6 Å². The summed E-state index contributed by atoms with van der Waals surface area (Å²) in [4.78, 5) is 35.4. The molecule has 0 unspecified atom stereocenters. The van der Waals surface area contributed by atoms with Crippen molar-refractivity contribution in [2.75, 3.05) is 6.61 Å². The van der Waals surface area contributed by atoms with E-state index < -0.39 is 17.8 Å². The number of nitrogens with one attached hydrogen (secondary N) is 1. The molecule has 2 rings (SSSR count). The highest BCUT2D eigenvalue weighted by Crippen LogP contribution is 2.27. The van der Waals surface area contributed by atoms with Crippen molar-refractivity contribution in [1.29, 1.82) is 0 Å². The molecule has 27 heavy (non-hydrogen) atoms. The molecule has 1 amide bonds. The Labute approximate surface area is 159 Å². The summed E-state index contributed by atoms with van der Waals surface area (Å²) in [5.41, 5.74) is 0.900. The summed E-state index contributed by atoms with van der Waals surface area (Å²) >= 11 is 0. The lowest BCUT2D eigenvalue weighted by Crippen LogP contribution is -2.42. The summed E-state index contributed by atoms with van der Waals surface area (Å²) in [5.74, 6) is -1.51. The predicted molar refractivity (Wildman–Crippen MR) is 101 cm³/mol. The minimum absolute atomic E-state index is 0.127. The van der Waals surface area contributed by atoms with Crippen LogP contribution in [0.15, 0.2) is 54.6 Å². The molecule has 0 saturated carbocycles. The number of carbonyl (C=O) groups excluding carboxylic acids is 3. The Balaban J connectivity index is 1.95. The van der Waals surface area contributed by atoms with Crippen LogP contribution in [0.4, 0.5) is 4.79 Å². The summed E-state index contributed by atoms with van der Waals surface area (Å²) in [6.07, 6.45) is 7.05. The molecule has 0 aliphatic heterocycles. The second kappa shape index (κ2) is 10.3. The van der Waals surface area contributed by atoms with Crippen LogP contribution < -0.4 is 5.32 Å². The number of ketones is 1. The van der Waals surface area contributed by atoms with E-state index in [1.54, 1.807) is 13.0 Å². The van der Waals surface area contributed by atoms with Crippen LogP contribution in [0.3, 0.4) is 0 Å². The Bertz CT molecular complexity index is 711. The maximum absolute atomic E-state index is 12.1. The summed E-state index contributed by atoms with van der Waals surface area (Å²) in [6, 6.07) is 9.09. The van der Waals surface area contributed by atoms with Gasteiger partial charge in [0.2, 0.25) is 0 Å². The number of allylic oxidation sites excluding steroid dienone is 1. The number of hydrogen-bond donors (Lipinski definition) is 1. The van der Waals surface area contributed by atoms with E-state index in [0.717, 1.165) is 12.0 Å². The maximum Gasteiger partial charge on any atom is 0.407 e. The molecule has 1 aliphatic rings. The van der Waals surface area contributed by atoms with Gasteiger partial charge in [0, 0.05) is 5.92 Å². The van der Waals surface area contributed by atoms with E-state index in [1.165, 1.54) is 6.08 Å². The molecule has 3 atom stereocenters. The first-order valence-electron chi connectivity index (χ1n) is 9.04. The van der Waals surface area contributed by atoms with Crippen molar-refractivity contribution < 1.29 is 23.9 Å². The molecule has 1 N–H and O–H groups in total. The SMILES string of the molecule is CCOC(=O)C(=O)/C=C/[C@H]1[C@H](C)CC=C[C@@H]1NC(=O)OCc1ccccc1. The first-order valence-corrected chi connectivity index (χ1v) is 9.04. The van der Waals surface area contributed by atoms with Gasteiger partial charge in [0.25, 0.3) is 5.78 Å². The third kappa shape index (κ3) is 6.40. The monoisotopic (exact) mass is 371 g/mol. The standard InChI is InChI=1S/C21H25NO5/c1-3-26-20(24)19(23)13-12-17-15(2)8-7-11-18(17)22-21(25)27-14-16-9-5-4-6-10-16/h4-7,9-13,15,17-18H,3,8,14H2,1-2H3,(H,22,25)/b13-12+/t15-,17+,18+/m1/s1. The van der Waals surface area contributed by atoms with Crippen molar-refractivity contribution in [2.24, 2.45) is 11.8 Å². The lowest BCUT2D eigenvalue weighted by atomic mass is 9.80. The van der Waals surface area contributed by atoms with Gasteiger partial charge in [-0.05, 0) is 30.9 Å². The van der Waals surface area contributed by atoms with Gasteiger partial charge in [-0.15, -0.1) is 0 Å². The molecule has 0 radical (unpaired) electrons. The molecule has 0 aromatic heterocycles. The van der Waals surface area contributed by atoms with E-state index in [9.17, 15) is 14.4 Å². The zero-order valence-corrected chi connectivity index (χ0v) is 15.6. The third-order valence-corrected chi connectivity index (χ3v) is 4.37. The fourth-order valence-corrected chi connectivity index (χ4v) is 2.90. The van der Waals surface area contributed by atoms with Crippen molar-refractivity contribution in [3.8, 4) is 0 Å². The number of rotatable bonds is 7. The van der Waals surface area contributed by atoms with E-state index >= 15 is 0 Å². The van der Waals surface area contributed by atoms with Crippen LogP contribution in [-0.4, -0.2) is 30.5 Å². The number of amides is 1. The second-order valence-electron chi connectivity index (χ2n) is 6.39. The largest absolute Gasteiger partial charge is 0.460 e. The molecule has 0 heterocycles. The van der Waals surface area contributed by atoms with Crippen LogP contribution in [0.1, 0.15) is 25.8 Å². The Kier molecular flexibility index (Phi) is 7.79. The van der Waals surface area contributed by atoms with Crippen molar-refractivity contribution in [3.63, 3.8) is 0 Å². The number of benzene rings is 1. The molecule has 6 nitrogen and oxygen atoms in total. The number of esters is 1. The lowest BCUT2D eigenvalue weighted by molar-refractivity contribution is -0.151. The van der Waals surface area contributed by atoms with E-state index in [-0.39, 0.29) is 31.1 Å². The molecule has 0 bridgehead atoms. The Morgan fingerprint density at radius 1 is 1.19 bits per heavy atom. The predicted octanol–water partition coefficient (Wildman–Crippen LogP) is 3.18. The first kappa shape index (κ1) is 20.4. The van der Waals surface area contributed by atoms with Crippen LogP contribution >= 0.6 is 0 Å². The number of carbonyl (C=O) groups is 3. The molecule has 1 aromatic carbocycles. The first-order chi connectivity index (χ1) is 13.0. The second-order valence-corrected chi connectivity index (χ2v) is 6.39. The zero-order valence-electron chi connectivity index (χ0n) is 15.6. The highest BCUT2D eigenvalue weighted by Gasteiger charge is 2.27. The molecule has 0 spiro atoms. The van der Waals surface area contributed by atoms with Crippen molar-refractivity contribution in [1.82, 2.24) is 5.32 Å². The van der Waals surface area contributed by atoms with Gasteiger partial charge in [-0.1, -0.05) is 55.5 Å². The van der Waals surface area contributed by atoms with Gasteiger partial charge in [0.15, 0.2) is 0 Å². The lowest BCUT2D eigenvalue weighted by Gasteiger charge is -2.31. The minimum Gasteiger partial charge on any atom is -0.460 e. The summed E-state index contributed by atoms with van der Waals surface area (Å²) in [5, 5.41) is 2.82. The summed E-state index contributed by atoms with van der Waals surface area (Å²) < 4.78 is 9.95. The van der Waals surface area contributed by atoms with Crippen LogP contribution in [-0.2, 0) is 25.7 Å². The van der Waals surface area contributed by atoms with E-state index in [1.807, 2.05) is 49.4 Å². The van der Waals surface area contributed by atoms with Crippen molar-refractivity contribution in [2.45, 2.75) is 32.9 Å². The third-order valence-electron chi connectivity index (χ3n) is 4.37. The zero-order chi connectivity index (χ0) is 19.6. The van der Waals surface area contributed by atoms with Crippen molar-refractivity contribution >= 4 is 17.8 Å². The van der Waals surface area contributed by atoms with Gasteiger partial charge >= 0.3 is 12.1 Å². The fraction of sp³-hybridized carbons (Fsp3) is 0.381. The van der Waals surface area contributed by atoms with E-state index in [4.69, 9.17) is 9.47 Å². The average molecular weight is 371 g/mol. The summed E-state index contributed by atoms with van der Waals surface area (Å²) in [7, 11) is 0. The van der Waals surface area contributed by atoms with Gasteiger partial charge in [-0.25, -0.2) is 9.59 Å². The molecule has 1 aliphatic carbocycles. The molecule has 0 saturated heterocycles. The quantitative estimate of drug-likeness (QED) is 0.345. The molecule has 1 aromatic rings. The van der Waals surface area contributed by atoms with Gasteiger partial charge in [-0.3, -0.25) is 4.79 Å². The Hall–Kier alpha value is -2.89. The van der Waals surface area contributed by atoms with Crippen LogP contribution in [0.5, 0.6) is 0 Å². The molecule has 0 fully saturated rings. The van der Waals surface area contributed by atoms with Gasteiger partial charge in [0.1, 0.15) is 6.61 Å². The van der Waals surface area contributed by atoms with Crippen LogP contribution in [0, 0.1) is 11.8 Å². The highest BCUT2D eigenvalue weighted by atomic mass is 16.5. The van der Waals surface area contributed by atoms with Crippen LogP contribution in [0.25, 0.3) is 0 Å². The Morgan fingerprint density at radius 2 is 1.93 bits per heavy atom. The topological polar surface area (TPSA) is 81.7 Å². The number of ether oxygens (including phenoxy) is 2. The highest BCUT2D eigenvalue weighted by molar-refractivity contribution is 6.38. The minimum atomic E-state index is -0.875. The van der Waals surface area contributed by atoms with Gasteiger partial charge < -0.3 is 14.8 Å². The number of alkyl carbamates (subject to hydrolysis) is 1. The smallest absolute Gasteiger partial charge is 0.407 e. The number of hydrogen-bond acceptors (Lipinski definition) is 5.